The molecule has 14 heavy (non-hydrogen) atoms. The topological polar surface area (TPSA) is 124 Å². The van der Waals surface area contributed by atoms with E-state index in [4.69, 9.17) is 19.6 Å². The van der Waals surface area contributed by atoms with Crippen LogP contribution in [0.4, 0.5) is 0 Å². The third kappa shape index (κ3) is 36.3. The molecule has 0 aliphatic heterocycles. The van der Waals surface area contributed by atoms with Crippen LogP contribution in [0.25, 0.3) is 0 Å². The van der Waals surface area contributed by atoms with Gasteiger partial charge in [-0.15, -0.1) is 0 Å². The van der Waals surface area contributed by atoms with Crippen molar-refractivity contribution in [1.29, 1.82) is 0 Å². The second-order valence-corrected chi connectivity index (χ2v) is 3.68. The quantitative estimate of drug-likeness (QED) is 0.274. The zero-order valence-corrected chi connectivity index (χ0v) is 12.7. The maximum atomic E-state index is 9.63. The fourth-order valence-corrected chi connectivity index (χ4v) is 1.25. The van der Waals surface area contributed by atoms with E-state index in [1.807, 2.05) is 0 Å². The SMILES string of the molecule is O=P(O)(O)OP(=O)(O)O.[Fe].[Fe].[H-].[Li+].[Mn].[Mn]. The van der Waals surface area contributed by atoms with Crippen LogP contribution in [0.1, 0.15) is 1.43 Å². The minimum Gasteiger partial charge on any atom is -1.00 e. The van der Waals surface area contributed by atoms with Crippen molar-refractivity contribution < 1.29 is 122 Å². The molecular weight excluding hydrogens is 402 g/mol. The molecular formula is H5Fe2LiMn2O7P2. The molecule has 0 aromatic rings. The first kappa shape index (κ1) is 36.0. The molecule has 0 aromatic heterocycles. The van der Waals surface area contributed by atoms with Crippen molar-refractivity contribution in [2.75, 3.05) is 0 Å². The van der Waals surface area contributed by atoms with Crippen molar-refractivity contribution >= 4 is 15.6 Å². The van der Waals surface area contributed by atoms with Crippen LogP contribution in [-0.4, -0.2) is 19.6 Å². The maximum Gasteiger partial charge on any atom is 1.00 e. The number of hydrogen-bond acceptors (Lipinski definition) is 3. The summed E-state index contributed by atoms with van der Waals surface area (Å²) in [6.07, 6.45) is 0. The van der Waals surface area contributed by atoms with Gasteiger partial charge in [0.2, 0.25) is 0 Å². The molecule has 0 aliphatic rings. The molecule has 4 N–H and O–H groups in total. The molecule has 0 saturated heterocycles. The normalized spacial score (nSPS) is 8.86. The Morgan fingerprint density at radius 2 is 1.00 bits per heavy atom. The summed E-state index contributed by atoms with van der Waals surface area (Å²) in [7, 11) is -10.1. The fraction of sp³-hybridized carbons (Fsp3) is 0. The average molecular weight is 407 g/mol. The predicted molar refractivity (Wildman–Crippen MR) is 26.3 cm³/mol. The van der Waals surface area contributed by atoms with Crippen LogP contribution in [0.3, 0.4) is 0 Å². The van der Waals surface area contributed by atoms with Gasteiger partial charge in [-0.3, -0.25) is 0 Å². The van der Waals surface area contributed by atoms with Gasteiger partial charge >= 0.3 is 34.5 Å². The van der Waals surface area contributed by atoms with Crippen molar-refractivity contribution in [2.45, 2.75) is 0 Å². The maximum absolute atomic E-state index is 9.63. The van der Waals surface area contributed by atoms with Gasteiger partial charge in [-0.05, 0) is 0 Å². The molecule has 0 atom stereocenters. The number of rotatable bonds is 2. The minimum atomic E-state index is -5.05. The van der Waals surface area contributed by atoms with Crippen LogP contribution >= 0.6 is 15.6 Å². The molecule has 14 heteroatoms. The number of phosphoric acid groups is 2. The Labute approximate surface area is 136 Å². The summed E-state index contributed by atoms with van der Waals surface area (Å²) >= 11 is 0. The summed E-state index contributed by atoms with van der Waals surface area (Å²) in [6.45, 7) is 0. The number of hydrogen-bond donors (Lipinski definition) is 4. The minimum absolute atomic E-state index is 0. The van der Waals surface area contributed by atoms with Gasteiger partial charge in [-0.25, -0.2) is 9.13 Å². The first-order valence-corrected chi connectivity index (χ1v) is 4.59. The first-order chi connectivity index (χ1) is 3.71. The van der Waals surface area contributed by atoms with Gasteiger partial charge in [-0.2, -0.15) is 4.31 Å². The van der Waals surface area contributed by atoms with Gasteiger partial charge in [-0.1, -0.05) is 0 Å². The van der Waals surface area contributed by atoms with E-state index in [1.165, 1.54) is 0 Å². The van der Waals surface area contributed by atoms with E-state index in [0.29, 0.717) is 0 Å². The molecule has 0 amide bonds. The molecule has 0 aromatic carbocycles. The van der Waals surface area contributed by atoms with Crippen LogP contribution < -0.4 is 18.9 Å². The predicted octanol–water partition coefficient (Wildman–Crippen LogP) is -3.71. The van der Waals surface area contributed by atoms with Crippen molar-refractivity contribution in [1.82, 2.24) is 0 Å². The van der Waals surface area contributed by atoms with Crippen molar-refractivity contribution in [3.8, 4) is 0 Å². The zero-order valence-electron chi connectivity index (χ0n) is 7.37. The van der Waals surface area contributed by atoms with Crippen LogP contribution in [-0.2, 0) is 81.7 Å². The van der Waals surface area contributed by atoms with Crippen LogP contribution in [0.5, 0.6) is 0 Å². The molecule has 88 valence electrons. The second kappa shape index (κ2) is 14.0. The van der Waals surface area contributed by atoms with Gasteiger partial charge in [0, 0.05) is 68.3 Å². The molecule has 0 aliphatic carbocycles. The summed E-state index contributed by atoms with van der Waals surface area (Å²) in [5, 5.41) is 0. The van der Waals surface area contributed by atoms with E-state index < -0.39 is 15.6 Å². The van der Waals surface area contributed by atoms with E-state index in [-0.39, 0.29) is 88.6 Å². The van der Waals surface area contributed by atoms with E-state index in [0.717, 1.165) is 0 Å². The summed E-state index contributed by atoms with van der Waals surface area (Å²) in [6, 6.07) is 0. The Kier molecular flexibility index (Phi) is 36.0. The van der Waals surface area contributed by atoms with E-state index >= 15 is 0 Å². The fourth-order valence-electron chi connectivity index (χ4n) is 0.139. The summed E-state index contributed by atoms with van der Waals surface area (Å²) in [5.74, 6) is 0. The van der Waals surface area contributed by atoms with E-state index in [2.05, 4.69) is 4.31 Å². The van der Waals surface area contributed by atoms with Gasteiger partial charge in [0.1, 0.15) is 0 Å². The molecule has 2 radical (unpaired) electrons. The summed E-state index contributed by atoms with van der Waals surface area (Å²) in [4.78, 5) is 31.0. The molecule has 0 saturated carbocycles. The van der Waals surface area contributed by atoms with E-state index in [1.54, 1.807) is 0 Å². The van der Waals surface area contributed by atoms with Crippen molar-refractivity contribution in [2.24, 2.45) is 0 Å². The molecule has 7 nitrogen and oxygen atoms in total. The van der Waals surface area contributed by atoms with Crippen molar-refractivity contribution in [3.05, 3.63) is 0 Å². The van der Waals surface area contributed by atoms with Crippen LogP contribution in [0.15, 0.2) is 0 Å². The first-order valence-electron chi connectivity index (χ1n) is 1.53. The van der Waals surface area contributed by atoms with Gasteiger partial charge in [0.15, 0.2) is 0 Å². The third-order valence-corrected chi connectivity index (χ3v) is 1.91. The molecule has 0 rings (SSSR count). The largest absolute Gasteiger partial charge is 1.00 e. The summed E-state index contributed by atoms with van der Waals surface area (Å²) in [5.41, 5.74) is 0. The molecule has 0 spiro atoms. The Morgan fingerprint density at radius 1 is 0.857 bits per heavy atom. The van der Waals surface area contributed by atoms with Crippen LogP contribution in [0, 0.1) is 0 Å². The van der Waals surface area contributed by atoms with Crippen molar-refractivity contribution in [3.63, 3.8) is 0 Å². The summed E-state index contributed by atoms with van der Waals surface area (Å²) < 4.78 is 22.2. The molecule has 0 unspecified atom stereocenters. The molecule has 0 heterocycles. The third-order valence-electron chi connectivity index (χ3n) is 0.213. The average Bonchev–Trinajstić information content (AvgIpc) is 1.14. The Balaban J connectivity index is -0.0000000213. The second-order valence-electron chi connectivity index (χ2n) is 1.06. The van der Waals surface area contributed by atoms with Gasteiger partial charge < -0.3 is 21.0 Å². The molecule has 0 bridgehead atoms. The van der Waals surface area contributed by atoms with Gasteiger partial charge in [0.05, 0.1) is 0 Å². The smallest absolute Gasteiger partial charge is 1.00 e. The Morgan fingerprint density at radius 3 is 1.00 bits per heavy atom. The van der Waals surface area contributed by atoms with Crippen LogP contribution in [0.2, 0.25) is 0 Å². The standard InChI is InChI=1S/2Fe.Li.2Mn.H4O7P2.H/c;;;;;1-8(2,3)7-9(4,5)6;/h;;;;;(H2,1,2,3)(H2,4,5,6);/q;;+1;;;;-1. The molecule has 0 fully saturated rings. The van der Waals surface area contributed by atoms with E-state index in [9.17, 15) is 9.13 Å². The monoisotopic (exact) mass is 408 g/mol. The Bertz CT molecular complexity index is 173. The van der Waals surface area contributed by atoms with Gasteiger partial charge in [0.25, 0.3) is 0 Å². The zero-order chi connectivity index (χ0) is 7.71. The Hall–Kier alpha value is 2.94.